The van der Waals surface area contributed by atoms with Crippen molar-refractivity contribution in [2.24, 2.45) is 0 Å². The van der Waals surface area contributed by atoms with Gasteiger partial charge in [0.05, 0.1) is 13.2 Å². The molecule has 0 saturated heterocycles. The summed E-state index contributed by atoms with van der Waals surface area (Å²) in [5.74, 6) is 0. The number of rotatable bonds is 4. The molecule has 0 saturated carbocycles. The van der Waals surface area contributed by atoms with Crippen LogP contribution >= 0.6 is 11.3 Å². The smallest absolute Gasteiger partial charge is 0.114 e. The van der Waals surface area contributed by atoms with Gasteiger partial charge in [0, 0.05) is 16.9 Å². The van der Waals surface area contributed by atoms with Crippen LogP contribution in [-0.4, -0.2) is 23.9 Å². The van der Waals surface area contributed by atoms with Gasteiger partial charge in [-0.05, 0) is 12.1 Å². The Balaban J connectivity index is 2.72. The quantitative estimate of drug-likeness (QED) is 0.738. The van der Waals surface area contributed by atoms with Crippen molar-refractivity contribution in [3.63, 3.8) is 0 Å². The second-order valence-electron chi connectivity index (χ2n) is 2.37. The molecule has 0 aliphatic carbocycles. The number of ether oxygens (including phenoxy) is 1. The van der Waals surface area contributed by atoms with Crippen LogP contribution in [0.15, 0.2) is 12.1 Å². The Morgan fingerprint density at radius 1 is 1.50 bits per heavy atom. The van der Waals surface area contributed by atoms with Crippen LogP contribution in [0.3, 0.4) is 0 Å². The van der Waals surface area contributed by atoms with Crippen molar-refractivity contribution >= 4 is 11.3 Å². The maximum absolute atomic E-state index is 8.88. The zero-order valence-corrected chi connectivity index (χ0v) is 7.67. The van der Waals surface area contributed by atoms with E-state index >= 15 is 0 Å². The molecule has 1 aromatic rings. The van der Waals surface area contributed by atoms with Crippen molar-refractivity contribution in [2.45, 2.75) is 12.7 Å². The van der Waals surface area contributed by atoms with Gasteiger partial charge >= 0.3 is 0 Å². The second-order valence-corrected chi connectivity index (χ2v) is 3.57. The van der Waals surface area contributed by atoms with E-state index < -0.39 is 0 Å². The molecule has 0 fully saturated rings. The highest BCUT2D eigenvalue weighted by Gasteiger charge is 2.10. The molecule has 0 aromatic carbocycles. The Morgan fingerprint density at radius 3 is 2.67 bits per heavy atom. The summed E-state index contributed by atoms with van der Waals surface area (Å²) in [7, 11) is 1.55. The van der Waals surface area contributed by atoms with Gasteiger partial charge in [-0.1, -0.05) is 0 Å². The first-order chi connectivity index (χ1) is 5.81. The summed E-state index contributed by atoms with van der Waals surface area (Å²) < 4.78 is 5.02. The maximum Gasteiger partial charge on any atom is 0.114 e. The lowest BCUT2D eigenvalue weighted by molar-refractivity contribution is 0.0509. The molecule has 0 spiro atoms. The van der Waals surface area contributed by atoms with Crippen LogP contribution in [0.2, 0.25) is 0 Å². The van der Waals surface area contributed by atoms with Gasteiger partial charge in [-0.15, -0.1) is 11.3 Å². The van der Waals surface area contributed by atoms with Gasteiger partial charge in [-0.3, -0.25) is 0 Å². The predicted molar refractivity (Wildman–Crippen MR) is 47.1 cm³/mol. The molecule has 68 valence electrons. The van der Waals surface area contributed by atoms with E-state index in [-0.39, 0.29) is 19.3 Å². The number of aliphatic hydroxyl groups excluding tert-OH is 2. The van der Waals surface area contributed by atoms with Crippen LogP contribution in [0.25, 0.3) is 0 Å². The Labute approximate surface area is 75.2 Å². The molecule has 12 heavy (non-hydrogen) atoms. The van der Waals surface area contributed by atoms with E-state index in [4.69, 9.17) is 14.9 Å². The summed E-state index contributed by atoms with van der Waals surface area (Å²) >= 11 is 1.46. The standard InChI is InChI=1S/C8H12O3S/c1-11-7(5-10)8-3-2-6(4-9)12-8/h2-3,7,9-10H,4-5H2,1H3. The highest BCUT2D eigenvalue weighted by atomic mass is 32.1. The Morgan fingerprint density at radius 2 is 2.25 bits per heavy atom. The Kier molecular flexibility index (Phi) is 3.68. The van der Waals surface area contributed by atoms with Crippen LogP contribution in [0, 0.1) is 0 Å². The van der Waals surface area contributed by atoms with Crippen LogP contribution in [0.1, 0.15) is 15.9 Å². The Hall–Kier alpha value is -0.420. The number of thiophene rings is 1. The van der Waals surface area contributed by atoms with Crippen LogP contribution in [-0.2, 0) is 11.3 Å². The zero-order valence-electron chi connectivity index (χ0n) is 6.86. The molecule has 3 nitrogen and oxygen atoms in total. The molecule has 4 heteroatoms. The molecule has 0 bridgehead atoms. The van der Waals surface area contributed by atoms with E-state index in [1.54, 1.807) is 7.11 Å². The molecular weight excluding hydrogens is 176 g/mol. The summed E-state index contributed by atoms with van der Waals surface area (Å²) in [5, 5.41) is 17.7. The average Bonchev–Trinajstić information content (AvgIpc) is 2.55. The minimum atomic E-state index is -0.254. The largest absolute Gasteiger partial charge is 0.393 e. The zero-order chi connectivity index (χ0) is 8.97. The molecule has 1 unspecified atom stereocenters. The highest BCUT2D eigenvalue weighted by Crippen LogP contribution is 2.24. The summed E-state index contributed by atoms with van der Waals surface area (Å²) in [4.78, 5) is 1.84. The summed E-state index contributed by atoms with van der Waals surface area (Å²) in [6.07, 6.45) is -0.254. The minimum absolute atomic E-state index is 0.0259. The van der Waals surface area contributed by atoms with E-state index in [9.17, 15) is 0 Å². The van der Waals surface area contributed by atoms with Gasteiger partial charge in [-0.25, -0.2) is 0 Å². The topological polar surface area (TPSA) is 49.7 Å². The van der Waals surface area contributed by atoms with Gasteiger partial charge in [0.1, 0.15) is 6.10 Å². The number of methoxy groups -OCH3 is 1. The van der Waals surface area contributed by atoms with Gasteiger partial charge in [0.25, 0.3) is 0 Å². The lowest BCUT2D eigenvalue weighted by Gasteiger charge is -2.08. The first-order valence-corrected chi connectivity index (χ1v) is 4.46. The molecule has 0 radical (unpaired) electrons. The van der Waals surface area contributed by atoms with Crippen molar-refractivity contribution in [2.75, 3.05) is 13.7 Å². The summed E-state index contributed by atoms with van der Waals surface area (Å²) in [6, 6.07) is 3.70. The van der Waals surface area contributed by atoms with Crippen LogP contribution in [0.4, 0.5) is 0 Å². The monoisotopic (exact) mass is 188 g/mol. The molecule has 0 aliphatic rings. The van der Waals surface area contributed by atoms with E-state index in [2.05, 4.69) is 0 Å². The van der Waals surface area contributed by atoms with Crippen LogP contribution < -0.4 is 0 Å². The molecule has 0 amide bonds. The van der Waals surface area contributed by atoms with E-state index in [1.807, 2.05) is 12.1 Å². The van der Waals surface area contributed by atoms with Crippen molar-refractivity contribution in [1.82, 2.24) is 0 Å². The van der Waals surface area contributed by atoms with Crippen molar-refractivity contribution < 1.29 is 14.9 Å². The summed E-state index contributed by atoms with van der Waals surface area (Å²) in [6.45, 7) is 0.0222. The third-order valence-corrected chi connectivity index (χ3v) is 2.77. The fourth-order valence-electron chi connectivity index (χ4n) is 0.933. The minimum Gasteiger partial charge on any atom is -0.393 e. The van der Waals surface area contributed by atoms with Gasteiger partial charge < -0.3 is 14.9 Å². The first-order valence-electron chi connectivity index (χ1n) is 3.65. The fourth-order valence-corrected chi connectivity index (χ4v) is 1.87. The van der Waals surface area contributed by atoms with E-state index in [1.165, 1.54) is 11.3 Å². The predicted octanol–water partition coefficient (Wildman–Crippen LogP) is 0.920. The highest BCUT2D eigenvalue weighted by molar-refractivity contribution is 7.12. The number of aliphatic hydroxyl groups is 2. The molecule has 1 aromatic heterocycles. The van der Waals surface area contributed by atoms with Crippen molar-refractivity contribution in [3.05, 3.63) is 21.9 Å². The molecule has 1 heterocycles. The molecule has 0 aliphatic heterocycles. The second kappa shape index (κ2) is 4.57. The molecular formula is C8H12O3S. The van der Waals surface area contributed by atoms with Crippen LogP contribution in [0.5, 0.6) is 0 Å². The van der Waals surface area contributed by atoms with E-state index in [0.717, 1.165) is 9.75 Å². The lowest BCUT2D eigenvalue weighted by Crippen LogP contribution is -2.03. The SMILES string of the molecule is COC(CO)c1ccc(CO)s1. The first kappa shape index (κ1) is 9.67. The molecule has 2 N–H and O–H groups in total. The van der Waals surface area contributed by atoms with Gasteiger partial charge in [-0.2, -0.15) is 0 Å². The fraction of sp³-hybridized carbons (Fsp3) is 0.500. The van der Waals surface area contributed by atoms with Gasteiger partial charge in [0.15, 0.2) is 0 Å². The molecule has 1 rings (SSSR count). The van der Waals surface area contributed by atoms with Crippen molar-refractivity contribution in [3.8, 4) is 0 Å². The normalized spacial score (nSPS) is 13.2. The van der Waals surface area contributed by atoms with Crippen molar-refractivity contribution in [1.29, 1.82) is 0 Å². The van der Waals surface area contributed by atoms with Gasteiger partial charge in [0.2, 0.25) is 0 Å². The Bertz CT molecular complexity index is 230. The lowest BCUT2D eigenvalue weighted by atomic mass is 10.3. The third-order valence-electron chi connectivity index (χ3n) is 1.61. The number of hydrogen-bond donors (Lipinski definition) is 2. The third kappa shape index (κ3) is 2.04. The average molecular weight is 188 g/mol. The summed E-state index contributed by atoms with van der Waals surface area (Å²) in [5.41, 5.74) is 0. The molecule has 1 atom stereocenters. The number of hydrogen-bond acceptors (Lipinski definition) is 4. The van der Waals surface area contributed by atoms with E-state index in [0.29, 0.717) is 0 Å². The maximum atomic E-state index is 8.88.